The third kappa shape index (κ3) is 4.92. The maximum absolute atomic E-state index is 12.6. The molecule has 0 aliphatic carbocycles. The van der Waals surface area contributed by atoms with Crippen molar-refractivity contribution in [2.24, 2.45) is 0 Å². The van der Waals surface area contributed by atoms with E-state index >= 15 is 0 Å². The molecular weight excluding hydrogens is 402 g/mol. The molecule has 0 saturated heterocycles. The first-order valence-electron chi connectivity index (χ1n) is 7.95. The minimum Gasteiger partial charge on any atom is -0.493 e. The summed E-state index contributed by atoms with van der Waals surface area (Å²) in [5.41, 5.74) is 1.57. The van der Waals surface area contributed by atoms with Crippen LogP contribution in [-0.2, 0) is 0 Å². The molecule has 0 fully saturated rings. The quantitative estimate of drug-likeness (QED) is 0.631. The zero-order valence-corrected chi connectivity index (χ0v) is 17.2. The second-order valence-electron chi connectivity index (χ2n) is 5.39. The summed E-state index contributed by atoms with van der Waals surface area (Å²) in [4.78, 5) is 13.8. The number of ether oxygens (including phenoxy) is 2. The predicted molar refractivity (Wildman–Crippen MR) is 106 cm³/mol. The molecule has 0 radical (unpaired) electrons. The van der Waals surface area contributed by atoms with Crippen LogP contribution in [0.25, 0.3) is 0 Å². The van der Waals surface area contributed by atoms with Gasteiger partial charge in [0.05, 0.1) is 24.2 Å². The van der Waals surface area contributed by atoms with Crippen molar-refractivity contribution in [1.29, 1.82) is 0 Å². The van der Waals surface area contributed by atoms with Crippen molar-refractivity contribution in [3.8, 4) is 11.5 Å². The predicted octanol–water partition coefficient (Wildman–Crippen LogP) is 5.07. The number of halogens is 1. The zero-order valence-electron chi connectivity index (χ0n) is 14.8. The number of rotatable bonds is 7. The standard InChI is InChI=1S/C19H22BrNO3S/c1-5-24-18-16(20)10-14(11-17(18)23-3)19(22)21-12(2)13-6-8-15(25-4)9-7-13/h6-12H,5H2,1-4H3,(H,21,22). The van der Waals surface area contributed by atoms with Gasteiger partial charge in [-0.05, 0) is 65.9 Å². The minimum atomic E-state index is -0.163. The van der Waals surface area contributed by atoms with Crippen molar-refractivity contribution in [2.75, 3.05) is 20.0 Å². The van der Waals surface area contributed by atoms with Gasteiger partial charge in [-0.15, -0.1) is 11.8 Å². The third-order valence-electron chi connectivity index (χ3n) is 3.74. The average Bonchev–Trinajstić information content (AvgIpc) is 2.63. The van der Waals surface area contributed by atoms with Crippen LogP contribution in [0.3, 0.4) is 0 Å². The highest BCUT2D eigenvalue weighted by Crippen LogP contribution is 2.36. The molecule has 0 aliphatic rings. The van der Waals surface area contributed by atoms with Gasteiger partial charge >= 0.3 is 0 Å². The molecule has 4 nitrogen and oxygen atoms in total. The van der Waals surface area contributed by atoms with E-state index in [2.05, 4.69) is 33.4 Å². The summed E-state index contributed by atoms with van der Waals surface area (Å²) in [6, 6.07) is 11.5. The lowest BCUT2D eigenvalue weighted by Crippen LogP contribution is -2.26. The van der Waals surface area contributed by atoms with E-state index in [4.69, 9.17) is 9.47 Å². The molecule has 0 bridgehead atoms. The monoisotopic (exact) mass is 423 g/mol. The lowest BCUT2D eigenvalue weighted by molar-refractivity contribution is 0.0939. The molecule has 1 N–H and O–H groups in total. The van der Waals surface area contributed by atoms with Gasteiger partial charge in [-0.3, -0.25) is 4.79 Å². The summed E-state index contributed by atoms with van der Waals surface area (Å²) in [7, 11) is 1.56. The number of amides is 1. The highest BCUT2D eigenvalue weighted by atomic mass is 79.9. The number of thioether (sulfide) groups is 1. The van der Waals surface area contributed by atoms with Crippen molar-refractivity contribution >= 4 is 33.6 Å². The lowest BCUT2D eigenvalue weighted by Gasteiger charge is -2.17. The molecule has 2 rings (SSSR count). The van der Waals surface area contributed by atoms with Crippen molar-refractivity contribution in [3.05, 3.63) is 52.0 Å². The molecule has 134 valence electrons. The zero-order chi connectivity index (χ0) is 18.4. The Morgan fingerprint density at radius 3 is 2.52 bits per heavy atom. The van der Waals surface area contributed by atoms with E-state index in [1.807, 2.05) is 32.2 Å². The van der Waals surface area contributed by atoms with Gasteiger partial charge < -0.3 is 14.8 Å². The van der Waals surface area contributed by atoms with Crippen molar-refractivity contribution in [2.45, 2.75) is 24.8 Å². The van der Waals surface area contributed by atoms with E-state index in [9.17, 15) is 4.79 Å². The molecule has 1 atom stereocenters. The molecule has 6 heteroatoms. The largest absolute Gasteiger partial charge is 0.493 e. The Kier molecular flexibility index (Phi) is 7.20. The number of hydrogen-bond donors (Lipinski definition) is 1. The van der Waals surface area contributed by atoms with E-state index < -0.39 is 0 Å². The minimum absolute atomic E-state index is 0.0975. The normalized spacial score (nSPS) is 11.7. The van der Waals surface area contributed by atoms with Gasteiger partial charge in [0, 0.05) is 10.5 Å². The van der Waals surface area contributed by atoms with Crippen LogP contribution in [0.5, 0.6) is 11.5 Å². The number of hydrogen-bond acceptors (Lipinski definition) is 4. The first kappa shape index (κ1) is 19.7. The smallest absolute Gasteiger partial charge is 0.251 e. The van der Waals surface area contributed by atoms with E-state index in [0.717, 1.165) is 5.56 Å². The van der Waals surface area contributed by atoms with Gasteiger partial charge in [-0.25, -0.2) is 0 Å². The Balaban J connectivity index is 2.17. The van der Waals surface area contributed by atoms with E-state index in [1.165, 1.54) is 4.90 Å². The van der Waals surface area contributed by atoms with E-state index in [1.54, 1.807) is 31.0 Å². The van der Waals surface area contributed by atoms with Crippen LogP contribution in [0, 0.1) is 0 Å². The van der Waals surface area contributed by atoms with Crippen LogP contribution in [0.15, 0.2) is 45.8 Å². The molecule has 0 heterocycles. The Morgan fingerprint density at radius 1 is 1.28 bits per heavy atom. The molecule has 1 unspecified atom stereocenters. The van der Waals surface area contributed by atoms with Gasteiger partial charge in [-0.2, -0.15) is 0 Å². The van der Waals surface area contributed by atoms with Crippen molar-refractivity contribution in [1.82, 2.24) is 5.32 Å². The fourth-order valence-electron chi connectivity index (χ4n) is 2.39. The van der Waals surface area contributed by atoms with Crippen LogP contribution < -0.4 is 14.8 Å². The Hall–Kier alpha value is -1.66. The van der Waals surface area contributed by atoms with Gasteiger partial charge in [0.25, 0.3) is 5.91 Å². The fraction of sp³-hybridized carbons (Fsp3) is 0.316. The van der Waals surface area contributed by atoms with Crippen LogP contribution in [0.2, 0.25) is 0 Å². The third-order valence-corrected chi connectivity index (χ3v) is 5.08. The SMILES string of the molecule is CCOc1c(Br)cc(C(=O)NC(C)c2ccc(SC)cc2)cc1OC. The molecule has 0 spiro atoms. The van der Waals surface area contributed by atoms with Gasteiger partial charge in [0.1, 0.15) is 0 Å². The van der Waals surface area contributed by atoms with Gasteiger partial charge in [-0.1, -0.05) is 12.1 Å². The topological polar surface area (TPSA) is 47.6 Å². The summed E-state index contributed by atoms with van der Waals surface area (Å²) >= 11 is 5.14. The molecule has 0 aromatic heterocycles. The molecule has 2 aromatic rings. The number of nitrogens with one attached hydrogen (secondary N) is 1. The first-order valence-corrected chi connectivity index (χ1v) is 9.97. The maximum Gasteiger partial charge on any atom is 0.251 e. The first-order chi connectivity index (χ1) is 12.0. The van der Waals surface area contributed by atoms with E-state index in [0.29, 0.717) is 28.1 Å². The molecule has 0 saturated carbocycles. The number of carbonyl (C=O) groups is 1. The highest BCUT2D eigenvalue weighted by Gasteiger charge is 2.17. The second kappa shape index (κ2) is 9.15. The van der Waals surface area contributed by atoms with Crippen LogP contribution in [0.1, 0.15) is 35.8 Å². The van der Waals surface area contributed by atoms with Crippen LogP contribution in [0.4, 0.5) is 0 Å². The maximum atomic E-state index is 12.6. The van der Waals surface area contributed by atoms with E-state index in [-0.39, 0.29) is 11.9 Å². The number of methoxy groups -OCH3 is 1. The lowest BCUT2D eigenvalue weighted by atomic mass is 10.1. The molecule has 0 aliphatic heterocycles. The van der Waals surface area contributed by atoms with Crippen molar-refractivity contribution in [3.63, 3.8) is 0 Å². The Morgan fingerprint density at radius 2 is 1.96 bits per heavy atom. The van der Waals surface area contributed by atoms with Gasteiger partial charge in [0.2, 0.25) is 0 Å². The fourth-order valence-corrected chi connectivity index (χ4v) is 3.36. The van der Waals surface area contributed by atoms with Crippen LogP contribution >= 0.6 is 27.7 Å². The summed E-state index contributed by atoms with van der Waals surface area (Å²) in [5.74, 6) is 0.962. The summed E-state index contributed by atoms with van der Waals surface area (Å²) in [6.07, 6.45) is 2.04. The summed E-state index contributed by atoms with van der Waals surface area (Å²) in [5, 5.41) is 3.02. The number of benzene rings is 2. The van der Waals surface area contributed by atoms with Gasteiger partial charge in [0.15, 0.2) is 11.5 Å². The second-order valence-corrected chi connectivity index (χ2v) is 7.12. The summed E-state index contributed by atoms with van der Waals surface area (Å²) in [6.45, 7) is 4.38. The Labute approximate surface area is 161 Å². The molecule has 1 amide bonds. The van der Waals surface area contributed by atoms with Crippen molar-refractivity contribution < 1.29 is 14.3 Å². The molecule has 2 aromatic carbocycles. The van der Waals surface area contributed by atoms with Crippen LogP contribution in [-0.4, -0.2) is 25.9 Å². The highest BCUT2D eigenvalue weighted by molar-refractivity contribution is 9.10. The number of carbonyl (C=O) groups excluding carboxylic acids is 1. The Bertz CT molecular complexity index is 734. The molecule has 25 heavy (non-hydrogen) atoms. The summed E-state index contributed by atoms with van der Waals surface area (Å²) < 4.78 is 11.6. The average molecular weight is 424 g/mol. The molecular formula is C19H22BrNO3S.